The monoisotopic (exact) mass is 276 g/mol. The molecule has 1 heterocycles. The van der Waals surface area contributed by atoms with E-state index in [4.69, 9.17) is 4.74 Å². The molecule has 108 valence electrons. The molecule has 1 fully saturated rings. The number of carbonyl (C=O) groups excluding carboxylic acids is 2. The molecule has 1 aromatic carbocycles. The normalized spacial score (nSPS) is 14.6. The molecule has 0 aromatic heterocycles. The largest absolute Gasteiger partial charge is 0.448 e. The standard InChI is InChI=1S/C15H20N2O3/c1-11(2)12-3-5-13(6-4-12)16-14(18)7-8-17-9-10-20-15(17)19/h3-6,11H,7-10H2,1-2H3,(H,16,18). The van der Waals surface area contributed by atoms with E-state index in [0.717, 1.165) is 5.69 Å². The van der Waals surface area contributed by atoms with E-state index in [1.807, 2.05) is 24.3 Å². The van der Waals surface area contributed by atoms with E-state index < -0.39 is 0 Å². The minimum absolute atomic E-state index is 0.0954. The minimum atomic E-state index is -0.334. The molecule has 1 aliphatic rings. The SMILES string of the molecule is CC(C)c1ccc(NC(=O)CCN2CCOC2=O)cc1. The molecule has 5 nitrogen and oxygen atoms in total. The summed E-state index contributed by atoms with van der Waals surface area (Å²) < 4.78 is 4.81. The van der Waals surface area contributed by atoms with Gasteiger partial charge in [0.1, 0.15) is 6.61 Å². The Kier molecular flexibility index (Phi) is 4.61. The molecule has 1 aromatic rings. The van der Waals surface area contributed by atoms with E-state index in [9.17, 15) is 9.59 Å². The summed E-state index contributed by atoms with van der Waals surface area (Å²) in [5.41, 5.74) is 2.02. The van der Waals surface area contributed by atoms with Crippen LogP contribution in [-0.4, -0.2) is 36.6 Å². The lowest BCUT2D eigenvalue weighted by Crippen LogP contribution is -2.28. The van der Waals surface area contributed by atoms with Gasteiger partial charge in [-0.25, -0.2) is 4.79 Å². The van der Waals surface area contributed by atoms with Crippen LogP contribution < -0.4 is 5.32 Å². The molecule has 0 spiro atoms. The first kappa shape index (κ1) is 14.4. The van der Waals surface area contributed by atoms with E-state index in [-0.39, 0.29) is 18.4 Å². The molecule has 0 bridgehead atoms. The van der Waals surface area contributed by atoms with Gasteiger partial charge in [0.05, 0.1) is 6.54 Å². The Bertz CT molecular complexity index is 482. The number of rotatable bonds is 5. The van der Waals surface area contributed by atoms with Crippen LogP contribution in [0.1, 0.15) is 31.7 Å². The van der Waals surface area contributed by atoms with Gasteiger partial charge in [-0.1, -0.05) is 26.0 Å². The molecule has 5 heteroatoms. The Morgan fingerprint density at radius 3 is 2.60 bits per heavy atom. The number of cyclic esters (lactones) is 1. The van der Waals surface area contributed by atoms with Crippen molar-refractivity contribution in [3.63, 3.8) is 0 Å². The van der Waals surface area contributed by atoms with Crippen LogP contribution in [0.5, 0.6) is 0 Å². The number of ether oxygens (including phenoxy) is 1. The summed E-state index contributed by atoms with van der Waals surface area (Å²) in [6, 6.07) is 7.82. The average molecular weight is 276 g/mol. The van der Waals surface area contributed by atoms with E-state index in [0.29, 0.717) is 25.6 Å². The van der Waals surface area contributed by atoms with Gasteiger partial charge in [-0.3, -0.25) is 4.79 Å². The predicted molar refractivity (Wildman–Crippen MR) is 76.7 cm³/mol. The summed E-state index contributed by atoms with van der Waals surface area (Å²) in [7, 11) is 0. The van der Waals surface area contributed by atoms with Gasteiger partial charge in [0.25, 0.3) is 0 Å². The fourth-order valence-electron chi connectivity index (χ4n) is 2.04. The Morgan fingerprint density at radius 2 is 2.05 bits per heavy atom. The Hall–Kier alpha value is -2.04. The number of hydrogen-bond acceptors (Lipinski definition) is 3. The van der Waals surface area contributed by atoms with Crippen molar-refractivity contribution in [1.29, 1.82) is 0 Å². The number of benzene rings is 1. The minimum Gasteiger partial charge on any atom is -0.448 e. The second-order valence-electron chi connectivity index (χ2n) is 5.18. The highest BCUT2D eigenvalue weighted by molar-refractivity contribution is 5.91. The molecule has 1 N–H and O–H groups in total. The zero-order valence-electron chi connectivity index (χ0n) is 11.9. The fourth-order valence-corrected chi connectivity index (χ4v) is 2.04. The van der Waals surface area contributed by atoms with Crippen LogP contribution in [-0.2, 0) is 9.53 Å². The van der Waals surface area contributed by atoms with Crippen LogP contribution in [0.2, 0.25) is 0 Å². The van der Waals surface area contributed by atoms with Crippen molar-refractivity contribution in [2.75, 3.05) is 25.0 Å². The Morgan fingerprint density at radius 1 is 1.35 bits per heavy atom. The molecule has 0 saturated carbocycles. The molecule has 20 heavy (non-hydrogen) atoms. The molecule has 0 unspecified atom stereocenters. The molecule has 2 rings (SSSR count). The molecule has 0 aliphatic carbocycles. The summed E-state index contributed by atoms with van der Waals surface area (Å²) in [6.07, 6.45) is -0.0554. The van der Waals surface area contributed by atoms with Crippen molar-refractivity contribution >= 4 is 17.7 Å². The maximum Gasteiger partial charge on any atom is 0.409 e. The van der Waals surface area contributed by atoms with E-state index in [2.05, 4.69) is 19.2 Å². The zero-order chi connectivity index (χ0) is 14.5. The summed E-state index contributed by atoms with van der Waals surface area (Å²) in [5, 5.41) is 2.83. The van der Waals surface area contributed by atoms with Gasteiger partial charge < -0.3 is 15.0 Å². The number of amides is 2. The lowest BCUT2D eigenvalue weighted by atomic mass is 10.0. The van der Waals surface area contributed by atoms with Gasteiger partial charge in [0, 0.05) is 18.7 Å². The lowest BCUT2D eigenvalue weighted by Gasteiger charge is -2.12. The molecular formula is C15H20N2O3. The molecular weight excluding hydrogens is 256 g/mol. The number of nitrogens with zero attached hydrogens (tertiary/aromatic N) is 1. The van der Waals surface area contributed by atoms with Gasteiger partial charge >= 0.3 is 6.09 Å². The van der Waals surface area contributed by atoms with Gasteiger partial charge in [0.2, 0.25) is 5.91 Å². The highest BCUT2D eigenvalue weighted by Gasteiger charge is 2.22. The maximum atomic E-state index is 11.8. The first-order valence-electron chi connectivity index (χ1n) is 6.88. The van der Waals surface area contributed by atoms with Crippen molar-refractivity contribution in [2.45, 2.75) is 26.2 Å². The van der Waals surface area contributed by atoms with Gasteiger partial charge in [0.15, 0.2) is 0 Å². The van der Waals surface area contributed by atoms with Crippen molar-refractivity contribution in [3.8, 4) is 0 Å². The maximum absolute atomic E-state index is 11.8. The molecule has 0 atom stereocenters. The number of anilines is 1. The van der Waals surface area contributed by atoms with Crippen molar-refractivity contribution in [2.24, 2.45) is 0 Å². The van der Waals surface area contributed by atoms with Crippen LogP contribution in [0.15, 0.2) is 24.3 Å². The van der Waals surface area contributed by atoms with Gasteiger partial charge in [-0.2, -0.15) is 0 Å². The summed E-state index contributed by atoms with van der Waals surface area (Å²) >= 11 is 0. The smallest absolute Gasteiger partial charge is 0.409 e. The predicted octanol–water partition coefficient (Wildman–Crippen LogP) is 2.59. The quantitative estimate of drug-likeness (QED) is 0.899. The fraction of sp³-hybridized carbons (Fsp3) is 0.467. The van der Waals surface area contributed by atoms with Crippen LogP contribution in [0.25, 0.3) is 0 Å². The van der Waals surface area contributed by atoms with Crippen LogP contribution in [0, 0.1) is 0 Å². The van der Waals surface area contributed by atoms with Crippen molar-refractivity contribution in [3.05, 3.63) is 29.8 Å². The molecule has 2 amide bonds. The highest BCUT2D eigenvalue weighted by Crippen LogP contribution is 2.17. The van der Waals surface area contributed by atoms with Crippen LogP contribution in [0.3, 0.4) is 0 Å². The third kappa shape index (κ3) is 3.73. The second-order valence-corrected chi connectivity index (χ2v) is 5.18. The topological polar surface area (TPSA) is 58.6 Å². The Balaban J connectivity index is 1.80. The van der Waals surface area contributed by atoms with Crippen molar-refractivity contribution < 1.29 is 14.3 Å². The van der Waals surface area contributed by atoms with Crippen LogP contribution in [0.4, 0.5) is 10.5 Å². The summed E-state index contributed by atoms with van der Waals surface area (Å²) in [4.78, 5) is 24.6. The number of hydrogen-bond donors (Lipinski definition) is 1. The molecule has 1 saturated heterocycles. The van der Waals surface area contributed by atoms with E-state index >= 15 is 0 Å². The zero-order valence-corrected chi connectivity index (χ0v) is 11.9. The third-order valence-corrected chi connectivity index (χ3v) is 3.31. The summed E-state index contributed by atoms with van der Waals surface area (Å²) in [6.45, 7) is 5.63. The van der Waals surface area contributed by atoms with Gasteiger partial charge in [-0.05, 0) is 23.6 Å². The Labute approximate surface area is 118 Å². The first-order chi connectivity index (χ1) is 9.56. The lowest BCUT2D eigenvalue weighted by molar-refractivity contribution is -0.116. The van der Waals surface area contributed by atoms with Crippen molar-refractivity contribution in [1.82, 2.24) is 4.90 Å². The van der Waals surface area contributed by atoms with E-state index in [1.54, 1.807) is 4.90 Å². The van der Waals surface area contributed by atoms with E-state index in [1.165, 1.54) is 5.56 Å². The number of nitrogens with one attached hydrogen (secondary N) is 1. The molecule has 0 radical (unpaired) electrons. The molecule has 1 aliphatic heterocycles. The van der Waals surface area contributed by atoms with Crippen LogP contribution >= 0.6 is 0 Å². The van der Waals surface area contributed by atoms with Gasteiger partial charge in [-0.15, -0.1) is 0 Å². The third-order valence-electron chi connectivity index (χ3n) is 3.31. The number of carbonyl (C=O) groups is 2. The average Bonchev–Trinajstić information content (AvgIpc) is 2.82. The summed E-state index contributed by atoms with van der Waals surface area (Å²) in [5.74, 6) is 0.378. The second kappa shape index (κ2) is 6.41. The first-order valence-corrected chi connectivity index (χ1v) is 6.88. The highest BCUT2D eigenvalue weighted by atomic mass is 16.6.